The molecule has 1 unspecified atom stereocenters. The first-order valence-electron chi connectivity index (χ1n) is 6.87. The highest BCUT2D eigenvalue weighted by Crippen LogP contribution is 2.33. The molecule has 0 aromatic heterocycles. The topological polar surface area (TPSA) is 51.8 Å². The number of hydrogen-bond donors (Lipinski definition) is 0. The Hall–Kier alpha value is -1.65. The van der Waals surface area contributed by atoms with Gasteiger partial charge in [-0.15, -0.1) is 0 Å². The molecular weight excluding hydrogens is 282 g/mol. The first-order valence-corrected chi connectivity index (χ1v) is 8.02. The molecule has 3 nitrogen and oxygen atoms in total. The largest absolute Gasteiger partial charge is 0.412 e. The van der Waals surface area contributed by atoms with E-state index >= 15 is 0 Å². The summed E-state index contributed by atoms with van der Waals surface area (Å²) in [5.74, 6) is 0. The maximum Gasteiger partial charge on any atom is 0.0849 e. The van der Waals surface area contributed by atoms with E-state index in [1.165, 1.54) is 5.69 Å². The van der Waals surface area contributed by atoms with Gasteiger partial charge >= 0.3 is 0 Å². The molecule has 1 fully saturated rings. The summed E-state index contributed by atoms with van der Waals surface area (Å²) in [6.07, 6.45) is 0. The molecule has 112 valence electrons. The van der Waals surface area contributed by atoms with Gasteiger partial charge < -0.3 is 10.4 Å². The van der Waals surface area contributed by atoms with Gasteiger partial charge in [0, 0.05) is 28.6 Å². The highest BCUT2D eigenvalue weighted by atomic mass is 32.2. The molecule has 0 radical (unpaired) electrons. The molecule has 3 rings (SSSR count). The van der Waals surface area contributed by atoms with E-state index in [4.69, 9.17) is 0 Å². The standard InChI is InChI=1S/C17H19NOS.H2O/c1-17(2)12-18(13-17)14-8-10-16(11-9-14)20(19)15-6-4-3-5-7-15;/h3-11H,12-13H2,1-2H3;1H2. The van der Waals surface area contributed by atoms with Gasteiger partial charge in [-0.2, -0.15) is 0 Å². The molecule has 21 heavy (non-hydrogen) atoms. The highest BCUT2D eigenvalue weighted by Gasteiger charge is 2.33. The zero-order valence-electron chi connectivity index (χ0n) is 12.4. The van der Waals surface area contributed by atoms with Gasteiger partial charge in [0.25, 0.3) is 0 Å². The van der Waals surface area contributed by atoms with Crippen LogP contribution in [0.15, 0.2) is 64.4 Å². The lowest BCUT2D eigenvalue weighted by Crippen LogP contribution is -2.53. The van der Waals surface area contributed by atoms with E-state index in [2.05, 4.69) is 30.9 Å². The Bertz CT molecular complexity index is 615. The fourth-order valence-corrected chi connectivity index (χ4v) is 3.69. The predicted octanol–water partition coefficient (Wildman–Crippen LogP) is 2.87. The summed E-state index contributed by atoms with van der Waals surface area (Å²) in [4.78, 5) is 4.07. The van der Waals surface area contributed by atoms with Crippen molar-refractivity contribution in [1.82, 2.24) is 0 Å². The molecule has 0 spiro atoms. The van der Waals surface area contributed by atoms with Crippen molar-refractivity contribution in [2.75, 3.05) is 18.0 Å². The summed E-state index contributed by atoms with van der Waals surface area (Å²) in [5, 5.41) is 0. The molecular formula is C17H21NO2S. The van der Waals surface area contributed by atoms with Crippen LogP contribution in [0.25, 0.3) is 0 Å². The molecule has 1 aliphatic rings. The van der Waals surface area contributed by atoms with Crippen LogP contribution in [0.3, 0.4) is 0 Å². The maximum atomic E-state index is 12.4. The van der Waals surface area contributed by atoms with Crippen molar-refractivity contribution in [3.8, 4) is 0 Å². The van der Waals surface area contributed by atoms with Crippen LogP contribution in [0.5, 0.6) is 0 Å². The van der Waals surface area contributed by atoms with Crippen molar-refractivity contribution in [2.24, 2.45) is 5.41 Å². The summed E-state index contributed by atoms with van der Waals surface area (Å²) >= 11 is 0. The van der Waals surface area contributed by atoms with Crippen LogP contribution in [0, 0.1) is 5.41 Å². The van der Waals surface area contributed by atoms with Crippen LogP contribution >= 0.6 is 0 Å². The van der Waals surface area contributed by atoms with E-state index in [-0.39, 0.29) is 5.48 Å². The van der Waals surface area contributed by atoms with Crippen LogP contribution < -0.4 is 4.90 Å². The Morgan fingerprint density at radius 2 is 1.43 bits per heavy atom. The number of rotatable bonds is 3. The SMILES string of the molecule is CC1(C)CN(c2ccc(S(=O)c3ccccc3)cc2)C1.O. The van der Waals surface area contributed by atoms with Gasteiger partial charge in [-0.05, 0) is 41.8 Å². The second-order valence-electron chi connectivity index (χ2n) is 6.10. The third kappa shape index (κ3) is 3.34. The van der Waals surface area contributed by atoms with E-state index < -0.39 is 10.8 Å². The third-order valence-corrected chi connectivity index (χ3v) is 5.01. The van der Waals surface area contributed by atoms with Crippen LogP contribution in [0.2, 0.25) is 0 Å². The molecule has 1 atom stereocenters. The normalized spacial score (nSPS) is 17.5. The van der Waals surface area contributed by atoms with E-state index in [1.807, 2.05) is 42.5 Å². The first kappa shape index (κ1) is 15.7. The molecule has 2 aromatic carbocycles. The maximum absolute atomic E-state index is 12.4. The van der Waals surface area contributed by atoms with Gasteiger partial charge in [-0.3, -0.25) is 0 Å². The summed E-state index contributed by atoms with van der Waals surface area (Å²) in [6, 6.07) is 17.7. The number of nitrogens with zero attached hydrogens (tertiary/aromatic N) is 1. The molecule has 2 aromatic rings. The zero-order valence-corrected chi connectivity index (χ0v) is 13.2. The van der Waals surface area contributed by atoms with Crippen LogP contribution in [0.1, 0.15) is 13.8 Å². The summed E-state index contributed by atoms with van der Waals surface area (Å²) in [6.45, 7) is 6.74. The van der Waals surface area contributed by atoms with E-state index in [9.17, 15) is 4.21 Å². The van der Waals surface area contributed by atoms with Crippen molar-refractivity contribution >= 4 is 16.5 Å². The summed E-state index contributed by atoms with van der Waals surface area (Å²) in [5.41, 5.74) is 1.64. The second kappa shape index (κ2) is 6.00. The minimum absolute atomic E-state index is 0. The third-order valence-electron chi connectivity index (χ3n) is 3.61. The van der Waals surface area contributed by atoms with Crippen molar-refractivity contribution < 1.29 is 9.69 Å². The Balaban J connectivity index is 0.00000161. The average molecular weight is 303 g/mol. The lowest BCUT2D eigenvalue weighted by Gasteiger charge is -2.47. The fourth-order valence-electron chi connectivity index (χ4n) is 2.63. The minimum Gasteiger partial charge on any atom is -0.412 e. The quantitative estimate of drug-likeness (QED) is 0.875. The smallest absolute Gasteiger partial charge is 0.0849 e. The fraction of sp³-hybridized carbons (Fsp3) is 0.294. The second-order valence-corrected chi connectivity index (χ2v) is 7.58. The molecule has 4 heteroatoms. The lowest BCUT2D eigenvalue weighted by atomic mass is 9.84. The Kier molecular flexibility index (Phi) is 4.49. The number of hydrogen-bond acceptors (Lipinski definition) is 2. The van der Waals surface area contributed by atoms with Crippen molar-refractivity contribution in [2.45, 2.75) is 23.6 Å². The van der Waals surface area contributed by atoms with Gasteiger partial charge in [0.2, 0.25) is 0 Å². The van der Waals surface area contributed by atoms with Crippen molar-refractivity contribution in [1.29, 1.82) is 0 Å². The minimum atomic E-state index is -1.09. The monoisotopic (exact) mass is 303 g/mol. The van der Waals surface area contributed by atoms with Crippen LogP contribution in [-0.4, -0.2) is 22.8 Å². The molecule has 1 heterocycles. The molecule has 1 saturated heterocycles. The molecule has 1 aliphatic heterocycles. The van der Waals surface area contributed by atoms with Crippen molar-refractivity contribution in [3.63, 3.8) is 0 Å². The van der Waals surface area contributed by atoms with Gasteiger partial charge in [0.1, 0.15) is 0 Å². The molecule has 2 N–H and O–H groups in total. The number of benzene rings is 2. The Morgan fingerprint density at radius 1 is 0.905 bits per heavy atom. The first-order chi connectivity index (χ1) is 9.55. The lowest BCUT2D eigenvalue weighted by molar-refractivity contribution is 0.276. The zero-order chi connectivity index (χ0) is 14.2. The Morgan fingerprint density at radius 3 is 1.95 bits per heavy atom. The van der Waals surface area contributed by atoms with E-state index in [0.717, 1.165) is 22.9 Å². The van der Waals surface area contributed by atoms with Crippen LogP contribution in [-0.2, 0) is 10.8 Å². The van der Waals surface area contributed by atoms with Gasteiger partial charge in [0.15, 0.2) is 0 Å². The summed E-state index contributed by atoms with van der Waals surface area (Å²) in [7, 11) is -1.09. The predicted molar refractivity (Wildman–Crippen MR) is 87.2 cm³/mol. The summed E-state index contributed by atoms with van der Waals surface area (Å²) < 4.78 is 12.4. The molecule has 0 aliphatic carbocycles. The molecule has 0 saturated carbocycles. The van der Waals surface area contributed by atoms with Crippen molar-refractivity contribution in [3.05, 3.63) is 54.6 Å². The van der Waals surface area contributed by atoms with E-state index in [0.29, 0.717) is 5.41 Å². The van der Waals surface area contributed by atoms with E-state index in [1.54, 1.807) is 0 Å². The molecule has 0 amide bonds. The Labute approximate surface area is 128 Å². The number of anilines is 1. The average Bonchev–Trinajstić information content (AvgIpc) is 2.45. The van der Waals surface area contributed by atoms with Gasteiger partial charge in [-0.25, -0.2) is 4.21 Å². The van der Waals surface area contributed by atoms with Crippen LogP contribution in [0.4, 0.5) is 5.69 Å². The van der Waals surface area contributed by atoms with Gasteiger partial charge in [-0.1, -0.05) is 32.0 Å². The highest BCUT2D eigenvalue weighted by molar-refractivity contribution is 7.85. The molecule has 0 bridgehead atoms. The van der Waals surface area contributed by atoms with Gasteiger partial charge in [0.05, 0.1) is 10.8 Å².